The molecule has 0 aliphatic rings. The Morgan fingerprint density at radius 2 is 1.40 bits per heavy atom. The highest BCUT2D eigenvalue weighted by molar-refractivity contribution is 6.32. The number of rotatable bonds is 10. The Labute approximate surface area is 218 Å². The second-order valence-corrected chi connectivity index (χ2v) is 10.3. The van der Waals surface area contributed by atoms with Crippen LogP contribution in [0.1, 0.15) is 58.7 Å². The minimum absolute atomic E-state index is 0.115. The number of anilines is 2. The zero-order valence-corrected chi connectivity index (χ0v) is 23.3. The van der Waals surface area contributed by atoms with Gasteiger partial charge in [0.2, 0.25) is 0 Å². The first-order valence-corrected chi connectivity index (χ1v) is 13.2. The van der Waals surface area contributed by atoms with E-state index in [0.717, 1.165) is 36.5 Å². The van der Waals surface area contributed by atoms with E-state index < -0.39 is 0 Å². The van der Waals surface area contributed by atoms with E-state index >= 15 is 0 Å². The summed E-state index contributed by atoms with van der Waals surface area (Å²) >= 11 is 7.10. The lowest BCUT2D eigenvalue weighted by atomic mass is 10.00. The molecule has 0 radical (unpaired) electrons. The molecule has 3 rings (SSSR count). The number of nitrogens with zero attached hydrogens (tertiary/aromatic N) is 1. The summed E-state index contributed by atoms with van der Waals surface area (Å²) in [5, 5.41) is 4.63. The van der Waals surface area contributed by atoms with Crippen LogP contribution in [0.4, 0.5) is 11.4 Å². The molecule has 1 atom stereocenters. The third kappa shape index (κ3) is 6.92. The first-order chi connectivity index (χ1) is 16.7. The van der Waals surface area contributed by atoms with Crippen molar-refractivity contribution in [1.82, 2.24) is 0 Å². The van der Waals surface area contributed by atoms with Crippen molar-refractivity contribution >= 4 is 29.1 Å². The fraction of sp³-hybridized carbons (Fsp3) is 0.375. The molecule has 0 fully saturated rings. The lowest BCUT2D eigenvalue weighted by Gasteiger charge is -2.36. The maximum atomic E-state index is 7.10. The van der Waals surface area contributed by atoms with Crippen LogP contribution in [-0.4, -0.2) is 19.1 Å². The third-order valence-corrected chi connectivity index (χ3v) is 6.98. The maximum absolute atomic E-state index is 7.10. The van der Waals surface area contributed by atoms with Crippen molar-refractivity contribution < 1.29 is 0 Å². The average molecular weight is 489 g/mol. The SMILES string of the molecule is CCCC(/C(Cl)=C\c1ccccc1)N(CCNc1c(C)cc(C)cc1C)c1c(C)cc(C)cc1C. The number of benzene rings is 3. The predicted octanol–water partition coefficient (Wildman–Crippen LogP) is 8.90. The van der Waals surface area contributed by atoms with E-state index in [1.807, 2.05) is 6.07 Å². The molecular weight excluding hydrogens is 448 g/mol. The largest absolute Gasteiger partial charge is 0.383 e. The number of aryl methyl sites for hydroxylation is 6. The zero-order chi connectivity index (χ0) is 25.5. The molecule has 0 aliphatic heterocycles. The lowest BCUT2D eigenvalue weighted by molar-refractivity contribution is 0.621. The Morgan fingerprint density at radius 3 is 1.94 bits per heavy atom. The number of nitrogens with one attached hydrogen (secondary N) is 1. The van der Waals surface area contributed by atoms with E-state index in [1.165, 1.54) is 44.8 Å². The molecule has 0 aliphatic carbocycles. The van der Waals surface area contributed by atoms with E-state index in [-0.39, 0.29) is 6.04 Å². The molecule has 35 heavy (non-hydrogen) atoms. The molecule has 0 heterocycles. The summed E-state index contributed by atoms with van der Waals surface area (Å²) in [4.78, 5) is 2.53. The van der Waals surface area contributed by atoms with E-state index in [4.69, 9.17) is 11.6 Å². The molecule has 1 N–H and O–H groups in total. The molecule has 1 unspecified atom stereocenters. The van der Waals surface area contributed by atoms with Crippen molar-refractivity contribution in [2.24, 2.45) is 0 Å². The van der Waals surface area contributed by atoms with Gasteiger partial charge in [0.25, 0.3) is 0 Å². The third-order valence-electron chi connectivity index (χ3n) is 6.61. The van der Waals surface area contributed by atoms with Crippen molar-refractivity contribution in [3.8, 4) is 0 Å². The summed E-state index contributed by atoms with van der Waals surface area (Å²) in [5.41, 5.74) is 11.5. The molecule has 3 aromatic rings. The molecule has 0 amide bonds. The molecule has 2 nitrogen and oxygen atoms in total. The van der Waals surface area contributed by atoms with Crippen LogP contribution in [0.5, 0.6) is 0 Å². The van der Waals surface area contributed by atoms with Crippen LogP contribution in [0.25, 0.3) is 6.08 Å². The second-order valence-electron chi connectivity index (χ2n) is 9.89. The smallest absolute Gasteiger partial charge is 0.0649 e. The van der Waals surface area contributed by atoms with Crippen LogP contribution in [0.15, 0.2) is 59.6 Å². The summed E-state index contributed by atoms with van der Waals surface area (Å²) in [6.07, 6.45) is 4.19. The van der Waals surface area contributed by atoms with Crippen molar-refractivity contribution in [2.75, 3.05) is 23.3 Å². The van der Waals surface area contributed by atoms with Crippen LogP contribution >= 0.6 is 11.6 Å². The monoisotopic (exact) mass is 488 g/mol. The molecule has 0 aromatic heterocycles. The van der Waals surface area contributed by atoms with Gasteiger partial charge in [-0.15, -0.1) is 0 Å². The van der Waals surface area contributed by atoms with Crippen LogP contribution in [0.3, 0.4) is 0 Å². The molecule has 3 heteroatoms. The zero-order valence-electron chi connectivity index (χ0n) is 22.5. The van der Waals surface area contributed by atoms with Gasteiger partial charge >= 0.3 is 0 Å². The van der Waals surface area contributed by atoms with Gasteiger partial charge in [0.15, 0.2) is 0 Å². The molecule has 186 valence electrons. The Morgan fingerprint density at radius 1 is 0.857 bits per heavy atom. The minimum atomic E-state index is 0.115. The topological polar surface area (TPSA) is 15.3 Å². The summed E-state index contributed by atoms with van der Waals surface area (Å²) in [6, 6.07) is 19.6. The van der Waals surface area contributed by atoms with E-state index in [9.17, 15) is 0 Å². The highest BCUT2D eigenvalue weighted by atomic mass is 35.5. The Balaban J connectivity index is 1.98. The second kappa shape index (κ2) is 12.3. The van der Waals surface area contributed by atoms with Crippen molar-refractivity contribution in [1.29, 1.82) is 0 Å². The van der Waals surface area contributed by atoms with Gasteiger partial charge in [0.1, 0.15) is 0 Å². The van der Waals surface area contributed by atoms with Crippen molar-refractivity contribution in [3.63, 3.8) is 0 Å². The average Bonchev–Trinajstić information content (AvgIpc) is 2.78. The number of hydrogen-bond donors (Lipinski definition) is 1. The number of halogens is 1. The minimum Gasteiger partial charge on any atom is -0.383 e. The van der Waals surface area contributed by atoms with E-state index in [2.05, 4.69) is 113 Å². The van der Waals surface area contributed by atoms with Gasteiger partial charge in [-0.25, -0.2) is 0 Å². The molecule has 0 spiro atoms. The summed E-state index contributed by atoms with van der Waals surface area (Å²) < 4.78 is 0. The van der Waals surface area contributed by atoms with Crippen LogP contribution in [0.2, 0.25) is 0 Å². The predicted molar refractivity (Wildman–Crippen MR) is 156 cm³/mol. The molecular formula is C32H41ClN2. The quantitative estimate of drug-likeness (QED) is 0.306. The van der Waals surface area contributed by atoms with Gasteiger partial charge in [-0.05, 0) is 81.9 Å². The van der Waals surface area contributed by atoms with Gasteiger partial charge in [0, 0.05) is 29.5 Å². The van der Waals surface area contributed by atoms with Gasteiger partial charge < -0.3 is 10.2 Å². The van der Waals surface area contributed by atoms with E-state index in [0.29, 0.717) is 0 Å². The lowest BCUT2D eigenvalue weighted by Crippen LogP contribution is -2.40. The highest BCUT2D eigenvalue weighted by Crippen LogP contribution is 2.33. The molecule has 3 aromatic carbocycles. The maximum Gasteiger partial charge on any atom is 0.0649 e. The first-order valence-electron chi connectivity index (χ1n) is 12.8. The molecule has 0 saturated carbocycles. The van der Waals surface area contributed by atoms with Gasteiger partial charge in [0.05, 0.1) is 6.04 Å². The van der Waals surface area contributed by atoms with Gasteiger partial charge in [-0.1, -0.05) is 90.7 Å². The van der Waals surface area contributed by atoms with E-state index in [1.54, 1.807) is 0 Å². The van der Waals surface area contributed by atoms with Crippen molar-refractivity contribution in [2.45, 2.75) is 67.3 Å². The summed E-state index contributed by atoms with van der Waals surface area (Å²) in [5.74, 6) is 0. The molecule has 0 bridgehead atoms. The Kier molecular flexibility index (Phi) is 9.46. The van der Waals surface area contributed by atoms with Crippen LogP contribution in [-0.2, 0) is 0 Å². The Bertz CT molecular complexity index is 1120. The van der Waals surface area contributed by atoms with Gasteiger partial charge in [-0.3, -0.25) is 0 Å². The standard InChI is InChI=1S/C32H41ClN2/c1-8-12-30(29(33)21-28-13-10-9-11-14-28)35(32-26(6)19-23(3)20-27(32)7)16-15-34-31-24(4)17-22(2)18-25(31)5/h9-11,13-14,17-21,30,34H,8,12,15-16H2,1-7H3/b29-21+. The van der Waals surface area contributed by atoms with Crippen molar-refractivity contribution in [3.05, 3.63) is 98.6 Å². The van der Waals surface area contributed by atoms with Crippen LogP contribution < -0.4 is 10.2 Å². The van der Waals surface area contributed by atoms with Crippen LogP contribution in [0, 0.1) is 41.5 Å². The first kappa shape index (κ1) is 26.9. The normalized spacial score (nSPS) is 12.5. The molecule has 0 saturated heterocycles. The van der Waals surface area contributed by atoms with Gasteiger partial charge in [-0.2, -0.15) is 0 Å². The fourth-order valence-corrected chi connectivity index (χ4v) is 5.68. The Hall–Kier alpha value is -2.71. The summed E-state index contributed by atoms with van der Waals surface area (Å²) in [7, 11) is 0. The summed E-state index contributed by atoms with van der Waals surface area (Å²) in [6.45, 7) is 17.1. The highest BCUT2D eigenvalue weighted by Gasteiger charge is 2.24. The fourth-order valence-electron chi connectivity index (χ4n) is 5.33. The number of hydrogen-bond acceptors (Lipinski definition) is 2.